The molecule has 0 amide bonds. The van der Waals surface area contributed by atoms with Gasteiger partial charge in [-0.2, -0.15) is 0 Å². The predicted octanol–water partition coefficient (Wildman–Crippen LogP) is -3.14. The minimum atomic E-state index is -0.269. The number of aromatic nitrogens is 1. The third-order valence-electron chi connectivity index (χ3n) is 0.397. The van der Waals surface area contributed by atoms with E-state index in [4.69, 9.17) is 0 Å². The zero-order chi connectivity index (χ0) is 5.28. The van der Waals surface area contributed by atoms with Gasteiger partial charge in [-0.1, -0.05) is 0 Å². The summed E-state index contributed by atoms with van der Waals surface area (Å²) in [6.07, 6.45) is 0. The zero-order valence-corrected chi connectivity index (χ0v) is 8.89. The Kier molecular flexibility index (Phi) is 4.72. The van der Waals surface area contributed by atoms with Gasteiger partial charge in [-0.25, -0.2) is 0 Å². The maximum absolute atomic E-state index is 10.1. The number of hydrogen-bond acceptors (Lipinski definition) is 4. The van der Waals surface area contributed by atoms with E-state index in [2.05, 4.69) is 4.98 Å². The second kappa shape index (κ2) is 4.10. The Morgan fingerprint density at radius 2 is 1.50 bits per heavy atom. The molecule has 1 heterocycles. The third kappa shape index (κ3) is 2.67. The smallest absolute Gasteiger partial charge is 0.270 e. The molecule has 0 saturated heterocycles. The Hall–Kier alpha value is 1.22. The van der Waals surface area contributed by atoms with Gasteiger partial charge in [0.2, 0.25) is 0 Å². The summed E-state index contributed by atoms with van der Waals surface area (Å²) < 4.78 is 0. The maximum Gasteiger partial charge on any atom is 1.00 e. The van der Waals surface area contributed by atoms with Crippen LogP contribution in [0.25, 0.3) is 0 Å². The Morgan fingerprint density at radius 3 is 1.62 bits per heavy atom. The van der Waals surface area contributed by atoms with Crippen molar-refractivity contribution >= 4 is 20.7 Å². The van der Waals surface area contributed by atoms with Crippen molar-refractivity contribution in [3.05, 3.63) is 19.3 Å². The Bertz CT molecular complexity index is 222. The van der Waals surface area contributed by atoms with E-state index >= 15 is 0 Å². The molecule has 0 radical (unpaired) electrons. The van der Waals surface area contributed by atoms with E-state index in [-0.39, 0.29) is 61.1 Å². The largest absolute Gasteiger partial charge is 1.00 e. The van der Waals surface area contributed by atoms with Crippen molar-refractivity contribution in [2.75, 3.05) is 0 Å². The van der Waals surface area contributed by atoms with Gasteiger partial charge in [-0.05, 0) is 20.7 Å². The normalized spacial score (nSPS) is 8.00. The van der Waals surface area contributed by atoms with Crippen LogP contribution >= 0.6 is 20.7 Å². The monoisotopic (exact) mass is 174 g/mol. The SMILES string of the molecule is O=c1[nH]c(=O)ss1.[K+]. The van der Waals surface area contributed by atoms with Crippen LogP contribution in [0.4, 0.5) is 0 Å². The van der Waals surface area contributed by atoms with E-state index in [9.17, 15) is 9.59 Å². The second-order valence-corrected chi connectivity index (χ2v) is 2.94. The number of H-pyrrole nitrogens is 1. The minimum Gasteiger partial charge on any atom is -0.270 e. The van der Waals surface area contributed by atoms with Crippen LogP contribution in [0.2, 0.25) is 0 Å². The van der Waals surface area contributed by atoms with Crippen molar-refractivity contribution in [1.29, 1.82) is 0 Å². The first kappa shape index (κ1) is 9.22. The van der Waals surface area contributed by atoms with Crippen molar-refractivity contribution in [3.8, 4) is 0 Å². The van der Waals surface area contributed by atoms with Crippen LogP contribution in [0.15, 0.2) is 9.59 Å². The third-order valence-corrected chi connectivity index (χ3v) is 2.15. The Labute approximate surface area is 94.6 Å². The fourth-order valence-electron chi connectivity index (χ4n) is 0.201. The molecule has 38 valence electrons. The molecule has 0 fully saturated rings. The number of rotatable bonds is 0. The molecular formula is C2HKNO2S2+. The van der Waals surface area contributed by atoms with Gasteiger partial charge in [0, 0.05) is 0 Å². The molecule has 1 rings (SSSR count). The number of aromatic amines is 1. The summed E-state index contributed by atoms with van der Waals surface area (Å²) in [4.78, 5) is 21.7. The fourth-order valence-corrected chi connectivity index (χ4v) is 1.39. The van der Waals surface area contributed by atoms with E-state index in [0.717, 1.165) is 20.7 Å². The summed E-state index contributed by atoms with van der Waals surface area (Å²) >= 11 is 0. The van der Waals surface area contributed by atoms with Gasteiger partial charge in [0.25, 0.3) is 0 Å². The summed E-state index contributed by atoms with van der Waals surface area (Å²) in [5.41, 5.74) is 0. The molecular weight excluding hydrogens is 173 g/mol. The van der Waals surface area contributed by atoms with Gasteiger partial charge in [0.1, 0.15) is 0 Å². The molecule has 1 aromatic rings. The van der Waals surface area contributed by atoms with Crippen LogP contribution in [0, 0.1) is 0 Å². The van der Waals surface area contributed by atoms with Crippen LogP contribution in [0.3, 0.4) is 0 Å². The molecule has 0 aliphatic heterocycles. The van der Waals surface area contributed by atoms with Gasteiger partial charge in [-0.3, -0.25) is 14.6 Å². The van der Waals surface area contributed by atoms with Crippen molar-refractivity contribution < 1.29 is 51.4 Å². The molecule has 1 aromatic heterocycles. The molecule has 0 bridgehead atoms. The molecule has 0 aromatic carbocycles. The molecule has 0 aliphatic carbocycles. The number of hydrogen-bond donors (Lipinski definition) is 1. The molecule has 0 aliphatic rings. The topological polar surface area (TPSA) is 49.9 Å². The summed E-state index contributed by atoms with van der Waals surface area (Å²) in [6.45, 7) is 0. The van der Waals surface area contributed by atoms with Crippen LogP contribution in [0.5, 0.6) is 0 Å². The van der Waals surface area contributed by atoms with E-state index in [1.54, 1.807) is 0 Å². The van der Waals surface area contributed by atoms with Crippen LogP contribution in [0.1, 0.15) is 0 Å². The predicted molar refractivity (Wildman–Crippen MR) is 29.1 cm³/mol. The Balaban J connectivity index is 0.000000490. The quantitative estimate of drug-likeness (QED) is 0.334. The standard InChI is InChI=1S/C2HNO2S2.K/c4-1-3-2(5)7-6-1;/h(H,3,4,5);/q;+1. The first-order chi connectivity index (χ1) is 3.29. The van der Waals surface area contributed by atoms with E-state index in [1.165, 1.54) is 0 Å². The fraction of sp³-hybridized carbons (Fsp3) is 0. The van der Waals surface area contributed by atoms with Gasteiger partial charge >= 0.3 is 61.1 Å². The van der Waals surface area contributed by atoms with E-state index in [0.29, 0.717) is 0 Å². The molecule has 1 N–H and O–H groups in total. The van der Waals surface area contributed by atoms with E-state index < -0.39 is 0 Å². The average molecular weight is 174 g/mol. The van der Waals surface area contributed by atoms with Crippen molar-refractivity contribution in [2.45, 2.75) is 0 Å². The van der Waals surface area contributed by atoms with Gasteiger partial charge in [-0.15, -0.1) is 0 Å². The molecule has 0 saturated carbocycles. The molecule has 6 heteroatoms. The summed E-state index contributed by atoms with van der Waals surface area (Å²) in [7, 11) is 1.84. The van der Waals surface area contributed by atoms with Crippen LogP contribution in [-0.4, -0.2) is 4.98 Å². The average Bonchev–Trinajstić information content (AvgIpc) is 1.87. The Morgan fingerprint density at radius 1 is 1.12 bits per heavy atom. The van der Waals surface area contributed by atoms with Crippen molar-refractivity contribution in [2.24, 2.45) is 0 Å². The van der Waals surface area contributed by atoms with Crippen LogP contribution in [-0.2, 0) is 0 Å². The summed E-state index contributed by atoms with van der Waals surface area (Å²) in [6, 6.07) is 0. The zero-order valence-electron chi connectivity index (χ0n) is 4.13. The maximum atomic E-state index is 10.1. The second-order valence-electron chi connectivity index (χ2n) is 0.867. The van der Waals surface area contributed by atoms with Gasteiger partial charge < -0.3 is 0 Å². The summed E-state index contributed by atoms with van der Waals surface area (Å²) in [5.74, 6) is 0. The number of nitrogens with one attached hydrogen (secondary N) is 1. The first-order valence-corrected chi connectivity index (χ1v) is 3.63. The molecule has 0 atom stereocenters. The van der Waals surface area contributed by atoms with Gasteiger partial charge in [0.05, 0.1) is 0 Å². The minimum absolute atomic E-state index is 0. The van der Waals surface area contributed by atoms with E-state index in [1.807, 2.05) is 0 Å². The molecule has 3 nitrogen and oxygen atoms in total. The molecule has 0 unspecified atom stereocenters. The summed E-state index contributed by atoms with van der Waals surface area (Å²) in [5, 5.41) is 0. The molecule has 8 heavy (non-hydrogen) atoms. The molecule has 0 spiro atoms. The first-order valence-electron chi connectivity index (χ1n) is 1.48. The van der Waals surface area contributed by atoms with Crippen molar-refractivity contribution in [1.82, 2.24) is 4.98 Å². The van der Waals surface area contributed by atoms with Crippen molar-refractivity contribution in [3.63, 3.8) is 0 Å². The van der Waals surface area contributed by atoms with Crippen LogP contribution < -0.4 is 61.1 Å². The van der Waals surface area contributed by atoms with Gasteiger partial charge in [0.15, 0.2) is 0 Å².